The lowest BCUT2D eigenvalue weighted by Crippen LogP contribution is -2.61. The third-order valence-corrected chi connectivity index (χ3v) is 3.08. The average molecular weight is 302 g/mol. The molecule has 2 aliphatic rings. The van der Waals surface area contributed by atoms with E-state index in [1.54, 1.807) is 13.8 Å². The summed E-state index contributed by atoms with van der Waals surface area (Å²) in [4.78, 5) is 34.8. The number of esters is 2. The summed E-state index contributed by atoms with van der Waals surface area (Å²) in [5.41, 5.74) is 0. The lowest BCUT2D eigenvalue weighted by Gasteiger charge is -2.38. The van der Waals surface area contributed by atoms with Crippen molar-refractivity contribution in [1.82, 2.24) is 0 Å². The molecule has 2 rings (SSSR count). The maximum Gasteiger partial charge on any atom is 0.303 e. The summed E-state index contributed by atoms with van der Waals surface area (Å²) in [6.07, 6.45) is -2.28. The first-order valence-electron chi connectivity index (χ1n) is 6.52. The Morgan fingerprint density at radius 2 is 1.76 bits per heavy atom. The minimum atomic E-state index is -1.64. The molecule has 0 amide bonds. The van der Waals surface area contributed by atoms with Crippen LogP contribution in [0.4, 0.5) is 0 Å². The second-order valence-electron chi connectivity index (χ2n) is 5.40. The number of carbonyl (C=O) groups is 3. The second-order valence-corrected chi connectivity index (χ2v) is 5.40. The third-order valence-electron chi connectivity index (χ3n) is 3.08. The van der Waals surface area contributed by atoms with Crippen LogP contribution in [0.5, 0.6) is 0 Å². The molecule has 2 aliphatic heterocycles. The summed E-state index contributed by atoms with van der Waals surface area (Å²) in [5, 5.41) is 0. The fourth-order valence-electron chi connectivity index (χ4n) is 2.30. The monoisotopic (exact) mass is 302 g/mol. The molecule has 0 radical (unpaired) electrons. The Bertz CT molecular complexity index is 471. The number of rotatable bonds is 2. The molecular formula is C13H18O8. The minimum Gasteiger partial charge on any atom is -0.456 e. The number of hydrogen-bond donors (Lipinski definition) is 0. The van der Waals surface area contributed by atoms with Crippen molar-refractivity contribution in [3.05, 3.63) is 0 Å². The summed E-state index contributed by atoms with van der Waals surface area (Å²) in [6, 6.07) is 0. The maximum atomic E-state index is 12.6. The molecular weight excluding hydrogens is 284 g/mol. The zero-order valence-corrected chi connectivity index (χ0v) is 12.3. The summed E-state index contributed by atoms with van der Waals surface area (Å²) >= 11 is 0. The van der Waals surface area contributed by atoms with Crippen molar-refractivity contribution in [2.75, 3.05) is 13.2 Å². The van der Waals surface area contributed by atoms with E-state index < -0.39 is 41.5 Å². The van der Waals surface area contributed by atoms with Gasteiger partial charge in [-0.25, -0.2) is 0 Å². The molecule has 3 atom stereocenters. The van der Waals surface area contributed by atoms with Crippen LogP contribution in [0.2, 0.25) is 0 Å². The average Bonchev–Trinajstić information content (AvgIpc) is 2.65. The van der Waals surface area contributed by atoms with Crippen molar-refractivity contribution in [2.45, 2.75) is 51.5 Å². The first-order valence-corrected chi connectivity index (χ1v) is 6.52. The van der Waals surface area contributed by atoms with E-state index in [-0.39, 0.29) is 13.2 Å². The van der Waals surface area contributed by atoms with Crippen LogP contribution in [-0.2, 0) is 38.1 Å². The first kappa shape index (κ1) is 15.9. The Labute approximate surface area is 121 Å². The van der Waals surface area contributed by atoms with Crippen LogP contribution in [0, 0.1) is 0 Å². The largest absolute Gasteiger partial charge is 0.456 e. The van der Waals surface area contributed by atoms with Gasteiger partial charge in [0.05, 0.1) is 6.61 Å². The van der Waals surface area contributed by atoms with Gasteiger partial charge in [-0.2, -0.15) is 0 Å². The molecule has 8 nitrogen and oxygen atoms in total. The van der Waals surface area contributed by atoms with Crippen LogP contribution in [0.1, 0.15) is 27.7 Å². The van der Waals surface area contributed by atoms with E-state index in [2.05, 4.69) is 0 Å². The van der Waals surface area contributed by atoms with Gasteiger partial charge in [-0.3, -0.25) is 14.4 Å². The van der Waals surface area contributed by atoms with E-state index >= 15 is 0 Å². The molecule has 0 aliphatic carbocycles. The number of Topliss-reactive ketones (excluding diaryl/α,β-unsaturated/α-hetero) is 1. The van der Waals surface area contributed by atoms with Gasteiger partial charge in [0.25, 0.3) is 5.79 Å². The number of carbonyl (C=O) groups excluding carboxylic acids is 3. The topological polar surface area (TPSA) is 97.4 Å². The first-order chi connectivity index (χ1) is 9.65. The lowest BCUT2D eigenvalue weighted by molar-refractivity contribution is -0.274. The summed E-state index contributed by atoms with van der Waals surface area (Å²) < 4.78 is 26.3. The fraction of sp³-hybridized carbons (Fsp3) is 0.769. The SMILES string of the molecule is CC(=O)O[C@@H]1CO[C@@]2(COC(C)(C)O2)C(=O)[C@@H]1OC(C)=O. The van der Waals surface area contributed by atoms with Crippen LogP contribution in [0.25, 0.3) is 0 Å². The second kappa shape index (κ2) is 5.36. The predicted molar refractivity (Wildman–Crippen MR) is 65.9 cm³/mol. The molecule has 21 heavy (non-hydrogen) atoms. The van der Waals surface area contributed by atoms with E-state index in [0.717, 1.165) is 6.92 Å². The smallest absolute Gasteiger partial charge is 0.303 e. The maximum absolute atomic E-state index is 12.6. The number of ether oxygens (including phenoxy) is 5. The van der Waals surface area contributed by atoms with Crippen molar-refractivity contribution in [2.24, 2.45) is 0 Å². The molecule has 0 aromatic heterocycles. The van der Waals surface area contributed by atoms with Gasteiger partial charge in [-0.1, -0.05) is 0 Å². The van der Waals surface area contributed by atoms with Crippen molar-refractivity contribution in [3.8, 4) is 0 Å². The van der Waals surface area contributed by atoms with E-state index in [0.29, 0.717) is 0 Å². The van der Waals surface area contributed by atoms with Crippen LogP contribution >= 0.6 is 0 Å². The molecule has 0 N–H and O–H groups in total. The highest BCUT2D eigenvalue weighted by Gasteiger charge is 2.60. The van der Waals surface area contributed by atoms with Crippen LogP contribution in [0.15, 0.2) is 0 Å². The van der Waals surface area contributed by atoms with Gasteiger partial charge in [0.15, 0.2) is 11.9 Å². The standard InChI is InChI=1S/C13H18O8/c1-7(14)19-9-5-17-13(6-18-12(3,4)21-13)11(16)10(9)20-8(2)15/h9-10H,5-6H2,1-4H3/t9-,10-,13-/m1/s1. The fourth-order valence-corrected chi connectivity index (χ4v) is 2.30. The zero-order chi connectivity index (χ0) is 15.8. The Hall–Kier alpha value is -1.51. The van der Waals surface area contributed by atoms with E-state index in [1.807, 2.05) is 0 Å². The molecule has 1 spiro atoms. The van der Waals surface area contributed by atoms with Gasteiger partial charge in [0.2, 0.25) is 11.9 Å². The molecule has 118 valence electrons. The Balaban J connectivity index is 2.23. The number of hydrogen-bond acceptors (Lipinski definition) is 8. The van der Waals surface area contributed by atoms with Crippen molar-refractivity contribution in [3.63, 3.8) is 0 Å². The predicted octanol–water partition coefficient (Wildman–Crippen LogP) is -0.0717. The Morgan fingerprint density at radius 1 is 1.14 bits per heavy atom. The molecule has 0 aromatic carbocycles. The van der Waals surface area contributed by atoms with Gasteiger partial charge in [-0.15, -0.1) is 0 Å². The van der Waals surface area contributed by atoms with Crippen molar-refractivity contribution < 1.29 is 38.1 Å². The number of ketones is 1. The van der Waals surface area contributed by atoms with Gasteiger partial charge in [0.1, 0.15) is 6.61 Å². The highest BCUT2D eigenvalue weighted by molar-refractivity contribution is 5.93. The Morgan fingerprint density at radius 3 is 2.24 bits per heavy atom. The summed E-state index contributed by atoms with van der Waals surface area (Å²) in [7, 11) is 0. The highest BCUT2D eigenvalue weighted by Crippen LogP contribution is 2.37. The molecule has 2 fully saturated rings. The highest BCUT2D eigenvalue weighted by atomic mass is 16.8. The quantitative estimate of drug-likeness (QED) is 0.654. The van der Waals surface area contributed by atoms with Crippen LogP contribution < -0.4 is 0 Å². The van der Waals surface area contributed by atoms with E-state index in [4.69, 9.17) is 23.7 Å². The van der Waals surface area contributed by atoms with Gasteiger partial charge >= 0.3 is 11.9 Å². The van der Waals surface area contributed by atoms with Gasteiger partial charge < -0.3 is 23.7 Å². The van der Waals surface area contributed by atoms with Crippen LogP contribution in [-0.4, -0.2) is 54.7 Å². The minimum absolute atomic E-state index is 0.122. The van der Waals surface area contributed by atoms with Gasteiger partial charge in [-0.05, 0) is 13.8 Å². The van der Waals surface area contributed by atoms with Crippen molar-refractivity contribution >= 4 is 17.7 Å². The van der Waals surface area contributed by atoms with E-state index in [1.165, 1.54) is 6.92 Å². The summed E-state index contributed by atoms with van der Waals surface area (Å²) in [5.74, 6) is -4.54. The normalized spacial score (nSPS) is 34.8. The molecule has 0 unspecified atom stereocenters. The molecule has 2 saturated heterocycles. The molecule has 2 heterocycles. The van der Waals surface area contributed by atoms with Crippen molar-refractivity contribution in [1.29, 1.82) is 0 Å². The van der Waals surface area contributed by atoms with E-state index in [9.17, 15) is 14.4 Å². The lowest BCUT2D eigenvalue weighted by atomic mass is 9.99. The zero-order valence-electron chi connectivity index (χ0n) is 12.3. The Kier molecular flexibility index (Phi) is 4.05. The molecule has 8 heteroatoms. The third kappa shape index (κ3) is 3.22. The molecule has 0 saturated carbocycles. The summed E-state index contributed by atoms with van der Waals surface area (Å²) in [6.45, 7) is 5.37. The van der Waals surface area contributed by atoms with Crippen LogP contribution in [0.3, 0.4) is 0 Å². The van der Waals surface area contributed by atoms with Gasteiger partial charge in [0, 0.05) is 13.8 Å². The molecule has 0 aromatic rings. The molecule has 0 bridgehead atoms.